The molecule has 0 aromatic carbocycles. The van der Waals surface area contributed by atoms with Gasteiger partial charge in [0, 0.05) is 19.2 Å². The molecule has 0 amide bonds. The van der Waals surface area contributed by atoms with Crippen molar-refractivity contribution in [3.8, 4) is 0 Å². The van der Waals surface area contributed by atoms with E-state index in [1.165, 1.54) is 6.33 Å². The average molecular weight is 239 g/mol. The first-order valence-corrected chi connectivity index (χ1v) is 5.53. The molecule has 1 aromatic heterocycles. The van der Waals surface area contributed by atoms with Gasteiger partial charge in [-0.1, -0.05) is 0 Å². The summed E-state index contributed by atoms with van der Waals surface area (Å²) in [6.07, 6.45) is 1.34. The van der Waals surface area contributed by atoms with Crippen molar-refractivity contribution in [1.29, 1.82) is 0 Å². The van der Waals surface area contributed by atoms with Crippen molar-refractivity contribution in [2.75, 3.05) is 30.0 Å². The lowest BCUT2D eigenvalue weighted by Crippen LogP contribution is -2.48. The molecule has 0 radical (unpaired) electrons. The molecular weight excluding hydrogens is 222 g/mol. The SMILES string of the molecule is CC1CN(c2cc(NN)ncn2)CC(CO)O1. The number of rotatable bonds is 3. The molecule has 2 heterocycles. The summed E-state index contributed by atoms with van der Waals surface area (Å²) in [5.74, 6) is 6.65. The molecule has 17 heavy (non-hydrogen) atoms. The van der Waals surface area contributed by atoms with Crippen LogP contribution in [0.5, 0.6) is 0 Å². The number of nitrogen functional groups attached to an aromatic ring is 1. The molecule has 0 aliphatic carbocycles. The molecule has 0 spiro atoms. The molecule has 2 unspecified atom stereocenters. The molecule has 1 saturated heterocycles. The van der Waals surface area contributed by atoms with Crippen LogP contribution in [0.4, 0.5) is 11.6 Å². The summed E-state index contributed by atoms with van der Waals surface area (Å²) in [6, 6.07) is 1.77. The fourth-order valence-electron chi connectivity index (χ4n) is 1.93. The van der Waals surface area contributed by atoms with Crippen LogP contribution >= 0.6 is 0 Å². The Hall–Kier alpha value is -1.44. The molecule has 1 fully saturated rings. The highest BCUT2D eigenvalue weighted by molar-refractivity contribution is 5.48. The van der Waals surface area contributed by atoms with E-state index < -0.39 is 0 Å². The summed E-state index contributed by atoms with van der Waals surface area (Å²) in [7, 11) is 0. The minimum absolute atomic E-state index is 0.00786. The first-order chi connectivity index (χ1) is 8.22. The third-order valence-corrected chi connectivity index (χ3v) is 2.65. The number of morpholine rings is 1. The van der Waals surface area contributed by atoms with Crippen LogP contribution in [-0.4, -0.2) is 47.0 Å². The molecule has 7 heteroatoms. The Morgan fingerprint density at radius 3 is 3.12 bits per heavy atom. The van der Waals surface area contributed by atoms with Gasteiger partial charge in [0.2, 0.25) is 0 Å². The molecule has 0 bridgehead atoms. The molecule has 2 atom stereocenters. The van der Waals surface area contributed by atoms with Gasteiger partial charge in [-0.05, 0) is 6.92 Å². The second-order valence-corrected chi connectivity index (χ2v) is 4.06. The van der Waals surface area contributed by atoms with Gasteiger partial charge in [-0.2, -0.15) is 0 Å². The van der Waals surface area contributed by atoms with E-state index in [0.29, 0.717) is 12.4 Å². The number of aliphatic hydroxyl groups is 1. The minimum Gasteiger partial charge on any atom is -0.394 e. The van der Waals surface area contributed by atoms with Crippen molar-refractivity contribution < 1.29 is 9.84 Å². The average Bonchev–Trinajstić information content (AvgIpc) is 2.38. The van der Waals surface area contributed by atoms with E-state index in [1.807, 2.05) is 6.92 Å². The number of aliphatic hydroxyl groups excluding tert-OH is 1. The van der Waals surface area contributed by atoms with E-state index >= 15 is 0 Å². The lowest BCUT2D eigenvalue weighted by Gasteiger charge is -2.36. The second kappa shape index (κ2) is 5.26. The number of anilines is 2. The van der Waals surface area contributed by atoms with Gasteiger partial charge >= 0.3 is 0 Å². The monoisotopic (exact) mass is 239 g/mol. The standard InChI is InChI=1S/C10H17N5O2/c1-7-3-15(4-8(5-16)17-7)10-2-9(14-11)12-6-13-10/h2,6-8,16H,3-5,11H2,1H3,(H,12,13,14). The van der Waals surface area contributed by atoms with Gasteiger partial charge in [0.1, 0.15) is 18.0 Å². The summed E-state index contributed by atoms with van der Waals surface area (Å²) >= 11 is 0. The van der Waals surface area contributed by atoms with Gasteiger partial charge in [-0.3, -0.25) is 0 Å². The predicted octanol–water partition coefficient (Wildman–Crippen LogP) is -0.652. The lowest BCUT2D eigenvalue weighted by atomic mass is 10.2. The highest BCUT2D eigenvalue weighted by atomic mass is 16.5. The number of hydrogen-bond acceptors (Lipinski definition) is 7. The van der Waals surface area contributed by atoms with Crippen molar-refractivity contribution in [2.24, 2.45) is 5.84 Å². The summed E-state index contributed by atoms with van der Waals surface area (Å²) in [5, 5.41) is 9.16. The third-order valence-electron chi connectivity index (χ3n) is 2.65. The number of nitrogens with two attached hydrogens (primary N) is 1. The van der Waals surface area contributed by atoms with Gasteiger partial charge in [0.15, 0.2) is 0 Å². The smallest absolute Gasteiger partial charge is 0.145 e. The van der Waals surface area contributed by atoms with Crippen molar-refractivity contribution in [3.05, 3.63) is 12.4 Å². The fraction of sp³-hybridized carbons (Fsp3) is 0.600. The maximum absolute atomic E-state index is 9.16. The Bertz CT molecular complexity index is 375. The lowest BCUT2D eigenvalue weighted by molar-refractivity contribution is -0.0423. The Morgan fingerprint density at radius 1 is 1.59 bits per heavy atom. The van der Waals surface area contributed by atoms with E-state index in [0.717, 1.165) is 12.4 Å². The van der Waals surface area contributed by atoms with Crippen LogP contribution in [-0.2, 0) is 4.74 Å². The zero-order valence-electron chi connectivity index (χ0n) is 9.71. The van der Waals surface area contributed by atoms with Crippen molar-refractivity contribution in [1.82, 2.24) is 9.97 Å². The molecule has 0 saturated carbocycles. The summed E-state index contributed by atoms with van der Waals surface area (Å²) < 4.78 is 5.57. The highest BCUT2D eigenvalue weighted by Crippen LogP contribution is 2.19. The Morgan fingerprint density at radius 2 is 2.41 bits per heavy atom. The van der Waals surface area contributed by atoms with Crippen LogP contribution in [0.15, 0.2) is 12.4 Å². The van der Waals surface area contributed by atoms with Gasteiger partial charge in [0.25, 0.3) is 0 Å². The van der Waals surface area contributed by atoms with Crippen LogP contribution in [0, 0.1) is 0 Å². The maximum atomic E-state index is 9.16. The largest absolute Gasteiger partial charge is 0.394 e. The van der Waals surface area contributed by atoms with Crippen LogP contribution < -0.4 is 16.2 Å². The third kappa shape index (κ3) is 2.82. The molecule has 4 N–H and O–H groups in total. The van der Waals surface area contributed by atoms with E-state index in [1.54, 1.807) is 6.07 Å². The first kappa shape index (κ1) is 12.0. The summed E-state index contributed by atoms with van der Waals surface area (Å²) in [4.78, 5) is 10.2. The highest BCUT2D eigenvalue weighted by Gasteiger charge is 2.25. The Balaban J connectivity index is 2.14. The first-order valence-electron chi connectivity index (χ1n) is 5.53. The normalized spacial score (nSPS) is 24.8. The van der Waals surface area contributed by atoms with Gasteiger partial charge in [0.05, 0.1) is 18.8 Å². The Labute approximate surface area is 99.6 Å². The van der Waals surface area contributed by atoms with E-state index in [-0.39, 0.29) is 18.8 Å². The maximum Gasteiger partial charge on any atom is 0.145 e. The minimum atomic E-state index is -0.178. The van der Waals surface area contributed by atoms with E-state index in [2.05, 4.69) is 20.3 Å². The van der Waals surface area contributed by atoms with E-state index in [9.17, 15) is 0 Å². The number of hydrogen-bond donors (Lipinski definition) is 3. The topological polar surface area (TPSA) is 96.5 Å². The van der Waals surface area contributed by atoms with Crippen LogP contribution in [0.3, 0.4) is 0 Å². The number of aromatic nitrogens is 2. The predicted molar refractivity (Wildman–Crippen MR) is 63.5 cm³/mol. The zero-order chi connectivity index (χ0) is 12.3. The number of hydrazine groups is 1. The van der Waals surface area contributed by atoms with Crippen molar-refractivity contribution >= 4 is 11.6 Å². The number of nitrogens with one attached hydrogen (secondary N) is 1. The van der Waals surface area contributed by atoms with Crippen molar-refractivity contribution in [2.45, 2.75) is 19.1 Å². The van der Waals surface area contributed by atoms with Crippen LogP contribution in [0.25, 0.3) is 0 Å². The molecule has 1 aliphatic heterocycles. The van der Waals surface area contributed by atoms with Gasteiger partial charge < -0.3 is 20.2 Å². The molecule has 7 nitrogen and oxygen atoms in total. The van der Waals surface area contributed by atoms with Gasteiger partial charge in [-0.25, -0.2) is 15.8 Å². The van der Waals surface area contributed by atoms with Crippen LogP contribution in [0.2, 0.25) is 0 Å². The number of ether oxygens (including phenoxy) is 1. The molecule has 94 valence electrons. The molecule has 1 aromatic rings. The molecule has 1 aliphatic rings. The second-order valence-electron chi connectivity index (χ2n) is 4.06. The molecular formula is C10H17N5O2. The zero-order valence-corrected chi connectivity index (χ0v) is 9.71. The fourth-order valence-corrected chi connectivity index (χ4v) is 1.93. The number of nitrogens with zero attached hydrogens (tertiary/aromatic N) is 3. The Kier molecular flexibility index (Phi) is 3.72. The van der Waals surface area contributed by atoms with Gasteiger partial charge in [-0.15, -0.1) is 0 Å². The quantitative estimate of drug-likeness (QED) is 0.476. The van der Waals surface area contributed by atoms with Crippen molar-refractivity contribution in [3.63, 3.8) is 0 Å². The summed E-state index contributed by atoms with van der Waals surface area (Å²) in [5.41, 5.74) is 2.48. The van der Waals surface area contributed by atoms with E-state index in [4.69, 9.17) is 15.7 Å². The van der Waals surface area contributed by atoms with Crippen LogP contribution in [0.1, 0.15) is 6.92 Å². The summed E-state index contributed by atoms with van der Waals surface area (Å²) in [6.45, 7) is 3.32. The molecule has 2 rings (SSSR count).